The monoisotopic (exact) mass is 238 g/mol. The molecule has 17 heavy (non-hydrogen) atoms. The maximum atomic E-state index is 12.0. The zero-order chi connectivity index (χ0) is 12.7. The Balaban J connectivity index is 2.40. The van der Waals surface area contributed by atoms with E-state index in [0.717, 1.165) is 13.0 Å². The lowest BCUT2D eigenvalue weighted by molar-refractivity contribution is -0.124. The van der Waals surface area contributed by atoms with Crippen LogP contribution in [0.4, 0.5) is 0 Å². The van der Waals surface area contributed by atoms with Gasteiger partial charge >= 0.3 is 0 Å². The average molecular weight is 238 g/mol. The molecule has 0 bridgehead atoms. The number of hydrogen-bond donors (Lipinski definition) is 0. The maximum Gasteiger partial charge on any atom is 0.152 e. The number of ether oxygens (including phenoxy) is 1. The molecule has 1 aliphatic heterocycles. The number of carbonyl (C=O) groups excluding carboxylic acids is 1. The number of hydrogen-bond acceptors (Lipinski definition) is 4. The van der Waals surface area contributed by atoms with Crippen molar-refractivity contribution in [1.82, 2.24) is 4.90 Å². The molecule has 0 saturated carbocycles. The summed E-state index contributed by atoms with van der Waals surface area (Å²) in [4.78, 5) is 14.1. The molecule has 1 aliphatic rings. The van der Waals surface area contributed by atoms with Crippen molar-refractivity contribution in [3.63, 3.8) is 0 Å². The highest BCUT2D eigenvalue weighted by Crippen LogP contribution is 2.14. The molecule has 1 heterocycles. The fourth-order valence-electron chi connectivity index (χ4n) is 2.10. The first kappa shape index (κ1) is 14.1. The van der Waals surface area contributed by atoms with E-state index in [-0.39, 0.29) is 11.7 Å². The minimum absolute atomic E-state index is 0.0757. The molecule has 0 aromatic heterocycles. The molecule has 1 unspecified atom stereocenters. The summed E-state index contributed by atoms with van der Waals surface area (Å²) in [5.41, 5.74) is 0. The first-order chi connectivity index (χ1) is 8.13. The second-order valence-electron chi connectivity index (χ2n) is 5.06. The van der Waals surface area contributed by atoms with Gasteiger partial charge in [0.2, 0.25) is 0 Å². The highest BCUT2D eigenvalue weighted by Gasteiger charge is 2.25. The largest absolute Gasteiger partial charge is 0.381 e. The molecule has 0 spiro atoms. The fraction of sp³-hybridized carbons (Fsp3) is 0.846. The van der Waals surface area contributed by atoms with Crippen LogP contribution < -0.4 is 0 Å². The smallest absolute Gasteiger partial charge is 0.152 e. The Morgan fingerprint density at radius 1 is 1.59 bits per heavy atom. The average Bonchev–Trinajstić information content (AvgIpc) is 2.78. The minimum Gasteiger partial charge on any atom is -0.381 e. The minimum atomic E-state index is 0.0757. The quantitative estimate of drug-likeness (QED) is 0.674. The molecule has 96 valence electrons. The van der Waals surface area contributed by atoms with Gasteiger partial charge in [0.05, 0.1) is 19.2 Å². The van der Waals surface area contributed by atoms with E-state index in [4.69, 9.17) is 10.00 Å². The van der Waals surface area contributed by atoms with Crippen molar-refractivity contribution in [1.29, 1.82) is 5.26 Å². The topological polar surface area (TPSA) is 53.3 Å². The van der Waals surface area contributed by atoms with Crippen LogP contribution in [0.5, 0.6) is 0 Å². The van der Waals surface area contributed by atoms with Crippen molar-refractivity contribution in [3.8, 4) is 6.07 Å². The molecular weight excluding hydrogens is 216 g/mol. The van der Waals surface area contributed by atoms with E-state index in [1.807, 2.05) is 0 Å². The summed E-state index contributed by atoms with van der Waals surface area (Å²) in [7, 11) is 0. The highest BCUT2D eigenvalue weighted by atomic mass is 16.5. The lowest BCUT2D eigenvalue weighted by atomic mass is 10.0. The van der Waals surface area contributed by atoms with Crippen LogP contribution in [-0.4, -0.2) is 43.5 Å². The molecule has 0 amide bonds. The van der Waals surface area contributed by atoms with Gasteiger partial charge in [-0.2, -0.15) is 5.26 Å². The van der Waals surface area contributed by atoms with Gasteiger partial charge < -0.3 is 4.74 Å². The maximum absolute atomic E-state index is 12.0. The van der Waals surface area contributed by atoms with Gasteiger partial charge in [-0.25, -0.2) is 0 Å². The summed E-state index contributed by atoms with van der Waals surface area (Å²) in [6.45, 7) is 7.57. The molecule has 4 heteroatoms. The van der Waals surface area contributed by atoms with Crippen molar-refractivity contribution >= 4 is 5.78 Å². The predicted molar refractivity (Wildman–Crippen MR) is 65.4 cm³/mol. The van der Waals surface area contributed by atoms with Gasteiger partial charge in [0.25, 0.3) is 0 Å². The van der Waals surface area contributed by atoms with E-state index in [2.05, 4.69) is 24.8 Å². The molecule has 0 aromatic carbocycles. The number of carbonyl (C=O) groups is 1. The number of Topliss-reactive ketones (excluding diaryl/α,β-unsaturated/α-hetero) is 1. The number of ketones is 1. The van der Waals surface area contributed by atoms with Crippen LogP contribution in [0.25, 0.3) is 0 Å². The molecule has 1 fully saturated rings. The van der Waals surface area contributed by atoms with Crippen molar-refractivity contribution < 1.29 is 9.53 Å². The first-order valence-electron chi connectivity index (χ1n) is 6.33. The molecule has 0 aliphatic carbocycles. The van der Waals surface area contributed by atoms with Crippen molar-refractivity contribution in [2.24, 2.45) is 11.8 Å². The van der Waals surface area contributed by atoms with Crippen molar-refractivity contribution in [2.75, 3.05) is 32.8 Å². The summed E-state index contributed by atoms with van der Waals surface area (Å²) in [5.74, 6) is 0.856. The van der Waals surface area contributed by atoms with Crippen LogP contribution in [0, 0.1) is 23.2 Å². The Hall–Kier alpha value is -0.920. The van der Waals surface area contributed by atoms with E-state index in [0.29, 0.717) is 38.6 Å². The first-order valence-corrected chi connectivity index (χ1v) is 6.33. The van der Waals surface area contributed by atoms with E-state index in [9.17, 15) is 4.79 Å². The van der Waals surface area contributed by atoms with Gasteiger partial charge in [-0.3, -0.25) is 9.69 Å². The Kier molecular flexibility index (Phi) is 6.17. The van der Waals surface area contributed by atoms with Gasteiger partial charge in [-0.05, 0) is 12.3 Å². The summed E-state index contributed by atoms with van der Waals surface area (Å²) >= 11 is 0. The summed E-state index contributed by atoms with van der Waals surface area (Å²) in [5, 5.41) is 8.61. The normalized spacial score (nSPS) is 19.8. The van der Waals surface area contributed by atoms with Gasteiger partial charge in [0.1, 0.15) is 0 Å². The van der Waals surface area contributed by atoms with Gasteiger partial charge in [-0.1, -0.05) is 13.8 Å². The van der Waals surface area contributed by atoms with E-state index in [1.54, 1.807) is 0 Å². The zero-order valence-electron chi connectivity index (χ0n) is 10.8. The highest BCUT2D eigenvalue weighted by molar-refractivity contribution is 5.83. The van der Waals surface area contributed by atoms with Crippen LogP contribution >= 0.6 is 0 Å². The molecule has 0 radical (unpaired) electrons. The second-order valence-corrected chi connectivity index (χ2v) is 5.06. The summed E-state index contributed by atoms with van der Waals surface area (Å²) in [6.07, 6.45) is 1.34. The molecule has 0 aromatic rings. The predicted octanol–water partition coefficient (Wildman–Crippen LogP) is 1.46. The number of nitrogens with zero attached hydrogens (tertiary/aromatic N) is 2. The fourth-order valence-corrected chi connectivity index (χ4v) is 2.10. The summed E-state index contributed by atoms with van der Waals surface area (Å²) in [6, 6.07) is 2.14. The van der Waals surface area contributed by atoms with Crippen LogP contribution in [0.1, 0.15) is 26.7 Å². The Bertz CT molecular complexity index is 278. The third-order valence-electron chi connectivity index (χ3n) is 2.93. The lowest BCUT2D eigenvalue weighted by Gasteiger charge is -2.23. The standard InChI is InChI=1S/C13H22N2O2/c1-11(2)8-15(6-3-5-14)9-13(16)12-4-7-17-10-12/h11-12H,3-4,6-10H2,1-2H3. The van der Waals surface area contributed by atoms with Gasteiger partial charge in [-0.15, -0.1) is 0 Å². The second kappa shape index (κ2) is 7.41. The molecule has 4 nitrogen and oxygen atoms in total. The SMILES string of the molecule is CC(C)CN(CCC#N)CC(=O)C1CCOC1. The Labute approximate surface area is 104 Å². The van der Waals surface area contributed by atoms with E-state index < -0.39 is 0 Å². The molecular formula is C13H22N2O2. The van der Waals surface area contributed by atoms with Crippen LogP contribution in [0.15, 0.2) is 0 Å². The lowest BCUT2D eigenvalue weighted by Crippen LogP contribution is -2.36. The van der Waals surface area contributed by atoms with Crippen LogP contribution in [0.2, 0.25) is 0 Å². The molecule has 0 N–H and O–H groups in total. The number of rotatable bonds is 7. The van der Waals surface area contributed by atoms with Gasteiger partial charge in [0.15, 0.2) is 5.78 Å². The number of nitriles is 1. The van der Waals surface area contributed by atoms with E-state index >= 15 is 0 Å². The van der Waals surface area contributed by atoms with Crippen LogP contribution in [0.3, 0.4) is 0 Å². The Morgan fingerprint density at radius 2 is 2.35 bits per heavy atom. The molecule has 1 saturated heterocycles. The Morgan fingerprint density at radius 3 is 2.88 bits per heavy atom. The third-order valence-corrected chi connectivity index (χ3v) is 2.93. The third kappa shape index (κ3) is 5.29. The molecule has 1 atom stereocenters. The molecule has 1 rings (SSSR count). The zero-order valence-corrected chi connectivity index (χ0v) is 10.8. The summed E-state index contributed by atoms with van der Waals surface area (Å²) < 4.78 is 5.23. The van der Waals surface area contributed by atoms with Crippen molar-refractivity contribution in [3.05, 3.63) is 0 Å². The van der Waals surface area contributed by atoms with E-state index in [1.165, 1.54) is 0 Å². The van der Waals surface area contributed by atoms with Crippen molar-refractivity contribution in [2.45, 2.75) is 26.7 Å². The van der Waals surface area contributed by atoms with Gasteiger partial charge in [0, 0.05) is 32.0 Å². The van der Waals surface area contributed by atoms with Crippen LogP contribution in [-0.2, 0) is 9.53 Å².